The first kappa shape index (κ1) is 20.0. The van der Waals surface area contributed by atoms with Gasteiger partial charge in [0.1, 0.15) is 17.7 Å². The van der Waals surface area contributed by atoms with Gasteiger partial charge in [-0.2, -0.15) is 0 Å². The van der Waals surface area contributed by atoms with E-state index in [1.54, 1.807) is 18.5 Å². The van der Waals surface area contributed by atoms with Gasteiger partial charge in [0.15, 0.2) is 0 Å². The Morgan fingerprint density at radius 2 is 1.60 bits per heavy atom. The topological polar surface area (TPSA) is 70.9 Å². The maximum absolute atomic E-state index is 11.0. The van der Waals surface area contributed by atoms with Gasteiger partial charge in [-0.3, -0.25) is 0 Å². The van der Waals surface area contributed by atoms with E-state index in [0.717, 1.165) is 27.8 Å². The Hall–Kier alpha value is -3.31. The highest BCUT2D eigenvalue weighted by Crippen LogP contribution is 2.32. The molecule has 0 spiro atoms. The molecule has 0 aliphatic heterocycles. The highest BCUT2D eigenvalue weighted by atomic mass is 16.3. The number of hydrogen-bond acceptors (Lipinski definition) is 5. The summed E-state index contributed by atoms with van der Waals surface area (Å²) in [6.07, 6.45) is 2.51. The molecule has 0 saturated carbocycles. The number of fused-ring (bicyclic) bond motifs is 1. The number of aliphatic hydroxyl groups is 1. The molecule has 0 aliphatic carbocycles. The molecule has 1 unspecified atom stereocenters. The monoisotopic (exact) mass is 398 g/mol. The summed E-state index contributed by atoms with van der Waals surface area (Å²) in [6, 6.07) is 18.1. The maximum atomic E-state index is 11.0. The molecule has 0 aliphatic rings. The van der Waals surface area contributed by atoms with E-state index in [0.29, 0.717) is 11.5 Å². The third-order valence-electron chi connectivity index (χ3n) is 5.21. The normalized spacial score (nSPS) is 12.7. The Balaban J connectivity index is 1.71. The first-order valence-corrected chi connectivity index (χ1v) is 10.1. The zero-order valence-electron chi connectivity index (χ0n) is 17.7. The highest BCUT2D eigenvalue weighted by Gasteiger charge is 2.18. The van der Waals surface area contributed by atoms with Gasteiger partial charge in [-0.05, 0) is 41.5 Å². The summed E-state index contributed by atoms with van der Waals surface area (Å²) >= 11 is 0. The van der Waals surface area contributed by atoms with Crippen LogP contribution in [0.25, 0.3) is 10.8 Å². The number of aliphatic hydroxyl groups excluding tert-OH is 1. The number of aryl methyl sites for hydroxylation is 1. The molecule has 4 rings (SSSR count). The van der Waals surface area contributed by atoms with Crippen molar-refractivity contribution < 1.29 is 5.11 Å². The molecule has 2 aromatic carbocycles. The second-order valence-electron chi connectivity index (χ2n) is 8.49. The van der Waals surface area contributed by atoms with Crippen LogP contribution < -0.4 is 5.32 Å². The lowest BCUT2D eigenvalue weighted by Gasteiger charge is -2.19. The lowest BCUT2D eigenvalue weighted by Crippen LogP contribution is -2.10. The highest BCUT2D eigenvalue weighted by molar-refractivity contribution is 5.95. The van der Waals surface area contributed by atoms with Crippen LogP contribution in [0.3, 0.4) is 0 Å². The number of hydrogen-bond donors (Lipinski definition) is 2. The standard InChI is InChI=1S/C25H26N4O/c1-16-26-14-13-22(28-16)23(30)21-15-27-24(20-8-6-5-7-19(20)21)29-18-11-9-17(10-12-18)25(2,3)4/h5-15,23,30H,1-4H3,(H,27,29). The second-order valence-corrected chi connectivity index (χ2v) is 8.49. The zero-order chi connectivity index (χ0) is 21.3. The van der Waals surface area contributed by atoms with Gasteiger partial charge in [0.25, 0.3) is 0 Å². The summed E-state index contributed by atoms with van der Waals surface area (Å²) in [5.74, 6) is 1.38. The van der Waals surface area contributed by atoms with Gasteiger partial charge in [-0.25, -0.2) is 15.0 Å². The van der Waals surface area contributed by atoms with Crippen molar-refractivity contribution in [2.75, 3.05) is 5.32 Å². The molecule has 1 atom stereocenters. The van der Waals surface area contributed by atoms with Crippen molar-refractivity contribution in [2.45, 2.75) is 39.2 Å². The number of aromatic nitrogens is 3. The molecule has 2 aromatic heterocycles. The van der Waals surface area contributed by atoms with Crippen LogP contribution in [0.5, 0.6) is 0 Å². The Morgan fingerprint density at radius 1 is 0.900 bits per heavy atom. The molecule has 2 heterocycles. The Labute approximate surface area is 176 Å². The van der Waals surface area contributed by atoms with Crippen molar-refractivity contribution in [3.05, 3.63) is 89.6 Å². The molecule has 0 radical (unpaired) electrons. The van der Waals surface area contributed by atoms with Crippen LogP contribution in [-0.4, -0.2) is 20.1 Å². The molecular weight excluding hydrogens is 372 g/mol. The largest absolute Gasteiger partial charge is 0.382 e. The SMILES string of the molecule is Cc1nccc(C(O)c2cnc(Nc3ccc(C(C)(C)C)cc3)c3ccccc23)n1. The van der Waals surface area contributed by atoms with Gasteiger partial charge < -0.3 is 10.4 Å². The van der Waals surface area contributed by atoms with Crippen LogP contribution in [0.4, 0.5) is 11.5 Å². The fourth-order valence-electron chi connectivity index (χ4n) is 3.51. The van der Waals surface area contributed by atoms with Crippen LogP contribution in [0.15, 0.2) is 67.0 Å². The van der Waals surface area contributed by atoms with Crippen molar-refractivity contribution in [1.82, 2.24) is 15.0 Å². The van der Waals surface area contributed by atoms with Crippen LogP contribution in [0.1, 0.15) is 49.5 Å². The van der Waals surface area contributed by atoms with E-state index in [1.165, 1.54) is 5.56 Å². The third-order valence-corrected chi connectivity index (χ3v) is 5.21. The fourth-order valence-corrected chi connectivity index (χ4v) is 3.51. The van der Waals surface area contributed by atoms with Crippen molar-refractivity contribution in [2.24, 2.45) is 0 Å². The molecule has 0 fully saturated rings. The fraction of sp³-hybridized carbons (Fsp3) is 0.240. The third kappa shape index (κ3) is 4.02. The van der Waals surface area contributed by atoms with Gasteiger partial charge >= 0.3 is 0 Å². The van der Waals surface area contributed by atoms with Crippen molar-refractivity contribution >= 4 is 22.3 Å². The van der Waals surface area contributed by atoms with Crippen LogP contribution in [0.2, 0.25) is 0 Å². The zero-order valence-corrected chi connectivity index (χ0v) is 17.7. The van der Waals surface area contributed by atoms with Gasteiger partial charge in [0.05, 0.1) is 5.69 Å². The molecular formula is C25H26N4O. The Kier molecular flexibility index (Phi) is 5.22. The quantitative estimate of drug-likeness (QED) is 0.478. The summed E-state index contributed by atoms with van der Waals surface area (Å²) in [5.41, 5.74) is 3.65. The lowest BCUT2D eigenvalue weighted by atomic mass is 9.87. The van der Waals surface area contributed by atoms with Gasteiger partial charge in [-0.1, -0.05) is 57.2 Å². The van der Waals surface area contributed by atoms with E-state index in [9.17, 15) is 5.11 Å². The van der Waals surface area contributed by atoms with Crippen molar-refractivity contribution in [3.63, 3.8) is 0 Å². The van der Waals surface area contributed by atoms with E-state index in [4.69, 9.17) is 0 Å². The smallest absolute Gasteiger partial charge is 0.138 e. The Bertz CT molecular complexity index is 1180. The molecule has 2 N–H and O–H groups in total. The van der Waals surface area contributed by atoms with Gasteiger partial charge in [0.2, 0.25) is 0 Å². The summed E-state index contributed by atoms with van der Waals surface area (Å²) in [7, 11) is 0. The Morgan fingerprint density at radius 3 is 2.27 bits per heavy atom. The average molecular weight is 399 g/mol. The minimum atomic E-state index is -0.871. The van der Waals surface area contributed by atoms with Crippen LogP contribution >= 0.6 is 0 Å². The molecule has 0 amide bonds. The minimum Gasteiger partial charge on any atom is -0.382 e. The molecule has 0 saturated heterocycles. The molecule has 5 nitrogen and oxygen atoms in total. The molecule has 30 heavy (non-hydrogen) atoms. The van der Waals surface area contributed by atoms with Gasteiger partial charge in [0, 0.05) is 29.0 Å². The summed E-state index contributed by atoms with van der Waals surface area (Å²) in [4.78, 5) is 13.1. The predicted octanol–water partition coefficient (Wildman–Crippen LogP) is 5.46. The van der Waals surface area contributed by atoms with E-state index < -0.39 is 6.10 Å². The van der Waals surface area contributed by atoms with Crippen molar-refractivity contribution in [1.29, 1.82) is 0 Å². The number of anilines is 2. The summed E-state index contributed by atoms with van der Waals surface area (Å²) in [5, 5.41) is 16.3. The molecule has 4 aromatic rings. The van der Waals surface area contributed by atoms with Crippen LogP contribution in [-0.2, 0) is 5.41 Å². The number of nitrogens with one attached hydrogen (secondary N) is 1. The predicted molar refractivity (Wildman–Crippen MR) is 121 cm³/mol. The van der Waals surface area contributed by atoms with Gasteiger partial charge in [-0.15, -0.1) is 0 Å². The van der Waals surface area contributed by atoms with Crippen LogP contribution in [0, 0.1) is 6.92 Å². The number of nitrogens with zero attached hydrogens (tertiary/aromatic N) is 3. The molecule has 5 heteroatoms. The first-order valence-electron chi connectivity index (χ1n) is 10.1. The second kappa shape index (κ2) is 7.84. The average Bonchev–Trinajstić information content (AvgIpc) is 2.73. The summed E-state index contributed by atoms with van der Waals surface area (Å²) in [6.45, 7) is 8.42. The van der Waals surface area contributed by atoms with E-state index in [-0.39, 0.29) is 5.41 Å². The minimum absolute atomic E-state index is 0.112. The number of benzene rings is 2. The molecule has 152 valence electrons. The van der Waals surface area contributed by atoms with E-state index >= 15 is 0 Å². The number of rotatable bonds is 4. The lowest BCUT2D eigenvalue weighted by molar-refractivity contribution is 0.216. The maximum Gasteiger partial charge on any atom is 0.138 e. The van der Waals surface area contributed by atoms with E-state index in [1.807, 2.05) is 31.2 Å². The van der Waals surface area contributed by atoms with E-state index in [2.05, 4.69) is 65.3 Å². The first-order chi connectivity index (χ1) is 14.3. The number of pyridine rings is 1. The molecule has 0 bridgehead atoms. The summed E-state index contributed by atoms with van der Waals surface area (Å²) < 4.78 is 0. The van der Waals surface area contributed by atoms with Crippen molar-refractivity contribution in [3.8, 4) is 0 Å².